The van der Waals surface area contributed by atoms with E-state index in [-0.39, 0.29) is 0 Å². The molecule has 232 valence electrons. The van der Waals surface area contributed by atoms with Crippen LogP contribution in [-0.2, 0) is 5.41 Å². The maximum Gasteiger partial charge on any atom is 0.0737 e. The molecule has 0 N–H and O–H groups in total. The van der Waals surface area contributed by atoms with Gasteiger partial charge in [0.1, 0.15) is 0 Å². The Labute approximate surface area is 287 Å². The predicted molar refractivity (Wildman–Crippen MR) is 207 cm³/mol. The lowest BCUT2D eigenvalue weighted by molar-refractivity contribution is 0.809. The van der Waals surface area contributed by atoms with Gasteiger partial charge in [0.05, 0.1) is 5.41 Å². The van der Waals surface area contributed by atoms with Crippen LogP contribution in [0.5, 0.6) is 0 Å². The first-order valence-corrected chi connectivity index (χ1v) is 17.3. The maximum absolute atomic E-state index is 2.41. The van der Waals surface area contributed by atoms with E-state index in [1.165, 1.54) is 88.4 Å². The minimum atomic E-state index is -0.427. The van der Waals surface area contributed by atoms with Gasteiger partial charge in [-0.25, -0.2) is 0 Å². The lowest BCUT2D eigenvalue weighted by Crippen LogP contribution is -2.26. The van der Waals surface area contributed by atoms with Crippen molar-refractivity contribution in [1.82, 2.24) is 0 Å². The Morgan fingerprint density at radius 2 is 0.939 bits per heavy atom. The van der Waals surface area contributed by atoms with Crippen molar-refractivity contribution in [3.8, 4) is 22.3 Å². The number of nitrogens with zero attached hydrogens (tertiary/aromatic N) is 1. The van der Waals surface area contributed by atoms with Crippen LogP contribution in [0.3, 0.4) is 0 Å². The zero-order chi connectivity index (χ0) is 32.9. The summed E-state index contributed by atoms with van der Waals surface area (Å²) in [6, 6.07) is 59.1. The molecular formula is C48H35N. The van der Waals surface area contributed by atoms with Crippen molar-refractivity contribution in [3.63, 3.8) is 0 Å². The van der Waals surface area contributed by atoms with Gasteiger partial charge < -0.3 is 4.90 Å². The van der Waals surface area contributed by atoms with E-state index in [2.05, 4.69) is 183 Å². The molecule has 1 nitrogen and oxygen atoms in total. The summed E-state index contributed by atoms with van der Waals surface area (Å²) in [6.07, 6.45) is 0. The highest BCUT2D eigenvalue weighted by atomic mass is 15.1. The van der Waals surface area contributed by atoms with Crippen LogP contribution in [0, 0.1) is 20.8 Å². The van der Waals surface area contributed by atoms with Crippen LogP contribution in [0.15, 0.2) is 158 Å². The second-order valence-corrected chi connectivity index (χ2v) is 13.8. The normalized spacial score (nSPS) is 13.4. The molecule has 2 aliphatic rings. The highest BCUT2D eigenvalue weighted by molar-refractivity contribution is 6.09. The highest BCUT2D eigenvalue weighted by Gasteiger charge is 2.53. The Bertz CT molecular complexity index is 2580. The van der Waals surface area contributed by atoms with Gasteiger partial charge in [0.25, 0.3) is 0 Å². The molecule has 0 bridgehead atoms. The van der Waals surface area contributed by atoms with Gasteiger partial charge in [0, 0.05) is 17.1 Å². The molecule has 0 saturated carbocycles. The molecule has 0 saturated heterocycles. The van der Waals surface area contributed by atoms with Gasteiger partial charge in [-0.05, 0) is 140 Å². The largest absolute Gasteiger partial charge is 0.310 e. The lowest BCUT2D eigenvalue weighted by atomic mass is 9.68. The molecule has 1 spiro atoms. The smallest absolute Gasteiger partial charge is 0.0737 e. The molecule has 0 atom stereocenters. The second kappa shape index (κ2) is 10.3. The first-order valence-electron chi connectivity index (χ1n) is 17.3. The summed E-state index contributed by atoms with van der Waals surface area (Å²) >= 11 is 0. The summed E-state index contributed by atoms with van der Waals surface area (Å²) in [5, 5.41) is 5.16. The molecule has 0 fully saturated rings. The van der Waals surface area contributed by atoms with Crippen LogP contribution < -0.4 is 4.90 Å². The van der Waals surface area contributed by atoms with E-state index in [1.54, 1.807) is 0 Å². The van der Waals surface area contributed by atoms with E-state index in [0.29, 0.717) is 0 Å². The maximum atomic E-state index is 2.41. The molecule has 0 unspecified atom stereocenters. The van der Waals surface area contributed by atoms with Crippen molar-refractivity contribution in [3.05, 3.63) is 197 Å². The Morgan fingerprint density at radius 3 is 1.61 bits per heavy atom. The average molecular weight is 626 g/mol. The summed E-state index contributed by atoms with van der Waals surface area (Å²) < 4.78 is 0. The lowest BCUT2D eigenvalue weighted by Gasteiger charge is -2.32. The SMILES string of the molecule is Cc1cc(N(c2ccccc2)c2ccc3c4c(ccc3c2)-c2ccc3ccccc3c2C42c3ccccc3-c3ccccc32)cc(C)c1C. The topological polar surface area (TPSA) is 3.24 Å². The Morgan fingerprint density at radius 1 is 0.388 bits per heavy atom. The average Bonchev–Trinajstić information content (AvgIpc) is 3.62. The number of aryl methyl sites for hydroxylation is 2. The molecule has 0 heterocycles. The van der Waals surface area contributed by atoms with Gasteiger partial charge in [-0.2, -0.15) is 0 Å². The first kappa shape index (κ1) is 28.1. The first-order chi connectivity index (χ1) is 24.1. The number of benzene rings is 8. The molecule has 0 aliphatic heterocycles. The summed E-state index contributed by atoms with van der Waals surface area (Å²) in [4.78, 5) is 2.41. The molecular weight excluding hydrogens is 591 g/mol. The van der Waals surface area contributed by atoms with Crippen LogP contribution in [0.1, 0.15) is 38.9 Å². The zero-order valence-electron chi connectivity index (χ0n) is 28.0. The molecule has 0 aromatic heterocycles. The van der Waals surface area contributed by atoms with Crippen molar-refractivity contribution in [2.75, 3.05) is 4.90 Å². The summed E-state index contributed by atoms with van der Waals surface area (Å²) in [5.41, 5.74) is 17.9. The molecule has 2 aliphatic carbocycles. The van der Waals surface area contributed by atoms with Crippen LogP contribution >= 0.6 is 0 Å². The summed E-state index contributed by atoms with van der Waals surface area (Å²) in [7, 11) is 0. The number of anilines is 3. The van der Waals surface area contributed by atoms with E-state index in [9.17, 15) is 0 Å². The molecule has 10 rings (SSSR count). The fourth-order valence-corrected chi connectivity index (χ4v) is 9.05. The second-order valence-electron chi connectivity index (χ2n) is 13.8. The van der Waals surface area contributed by atoms with E-state index in [0.717, 1.165) is 11.4 Å². The third-order valence-corrected chi connectivity index (χ3v) is 11.4. The van der Waals surface area contributed by atoms with Crippen LogP contribution in [0.2, 0.25) is 0 Å². The fraction of sp³-hybridized carbons (Fsp3) is 0.0833. The highest BCUT2D eigenvalue weighted by Crippen LogP contribution is 2.65. The number of para-hydroxylation sites is 1. The zero-order valence-corrected chi connectivity index (χ0v) is 28.0. The van der Waals surface area contributed by atoms with Crippen LogP contribution in [-0.4, -0.2) is 0 Å². The fourth-order valence-electron chi connectivity index (χ4n) is 9.05. The Hall–Kier alpha value is -5.92. The number of rotatable bonds is 3. The molecule has 8 aromatic rings. The predicted octanol–water partition coefficient (Wildman–Crippen LogP) is 12.7. The van der Waals surface area contributed by atoms with Crippen molar-refractivity contribution in [2.45, 2.75) is 26.2 Å². The molecule has 49 heavy (non-hydrogen) atoms. The minimum absolute atomic E-state index is 0.427. The summed E-state index contributed by atoms with van der Waals surface area (Å²) in [6.45, 7) is 6.65. The van der Waals surface area contributed by atoms with Gasteiger partial charge >= 0.3 is 0 Å². The number of hydrogen-bond acceptors (Lipinski definition) is 1. The van der Waals surface area contributed by atoms with E-state index in [4.69, 9.17) is 0 Å². The van der Waals surface area contributed by atoms with E-state index < -0.39 is 5.41 Å². The monoisotopic (exact) mass is 625 g/mol. The van der Waals surface area contributed by atoms with Gasteiger partial charge in [0.2, 0.25) is 0 Å². The third-order valence-electron chi connectivity index (χ3n) is 11.4. The van der Waals surface area contributed by atoms with Crippen LogP contribution in [0.25, 0.3) is 43.8 Å². The third kappa shape index (κ3) is 3.76. The molecule has 0 radical (unpaired) electrons. The molecule has 0 amide bonds. The Balaban J connectivity index is 1.29. The van der Waals surface area contributed by atoms with Gasteiger partial charge in [-0.15, -0.1) is 0 Å². The van der Waals surface area contributed by atoms with Crippen molar-refractivity contribution in [2.24, 2.45) is 0 Å². The molecule has 1 heteroatoms. The van der Waals surface area contributed by atoms with Gasteiger partial charge in [-0.3, -0.25) is 0 Å². The van der Waals surface area contributed by atoms with Crippen molar-refractivity contribution < 1.29 is 0 Å². The number of hydrogen-bond donors (Lipinski definition) is 0. The van der Waals surface area contributed by atoms with Gasteiger partial charge in [-0.1, -0.05) is 121 Å². The van der Waals surface area contributed by atoms with Crippen molar-refractivity contribution in [1.29, 1.82) is 0 Å². The van der Waals surface area contributed by atoms with Crippen molar-refractivity contribution >= 4 is 38.6 Å². The Kier molecular flexibility index (Phi) is 5.91. The quantitative estimate of drug-likeness (QED) is 0.189. The minimum Gasteiger partial charge on any atom is -0.310 e. The van der Waals surface area contributed by atoms with Gasteiger partial charge in [0.15, 0.2) is 0 Å². The van der Waals surface area contributed by atoms with E-state index >= 15 is 0 Å². The summed E-state index contributed by atoms with van der Waals surface area (Å²) in [5.74, 6) is 0. The molecule has 8 aromatic carbocycles. The standard InChI is InChI=1S/C48H35N/c1-30-27-37(28-31(2)32(30)3)49(35-14-5-4-6-15-35)36-23-26-39-34(29-36)22-25-43-42-24-21-33-13-7-8-16-38(33)46(42)48(47(39)43)44-19-11-9-17-40(44)41-18-10-12-20-45(41)48/h4-29H,1-3H3. The van der Waals surface area contributed by atoms with Crippen LogP contribution in [0.4, 0.5) is 17.1 Å². The number of fused-ring (bicyclic) bond motifs is 14. The van der Waals surface area contributed by atoms with E-state index in [1.807, 2.05) is 0 Å².